The first-order valence-electron chi connectivity index (χ1n) is 15.4. The van der Waals surface area contributed by atoms with Gasteiger partial charge in [-0.15, -0.1) is 11.3 Å². The van der Waals surface area contributed by atoms with Crippen LogP contribution in [0.3, 0.4) is 0 Å². The summed E-state index contributed by atoms with van der Waals surface area (Å²) >= 11 is 1.48. The molecule has 1 fully saturated rings. The minimum Gasteiger partial charge on any atom is -0.481 e. The summed E-state index contributed by atoms with van der Waals surface area (Å²) in [6, 6.07) is 11.8. The molecule has 0 bridgehead atoms. The molecule has 0 saturated carbocycles. The molecule has 0 N–H and O–H groups in total. The average Bonchev–Trinajstić information content (AvgIpc) is 3.41. The highest BCUT2D eigenvalue weighted by Gasteiger charge is 2.29. The van der Waals surface area contributed by atoms with Crippen molar-refractivity contribution in [3.63, 3.8) is 0 Å². The van der Waals surface area contributed by atoms with Gasteiger partial charge in [0.15, 0.2) is 0 Å². The highest BCUT2D eigenvalue weighted by Crippen LogP contribution is 2.35. The van der Waals surface area contributed by atoms with Gasteiger partial charge in [0.25, 0.3) is 11.5 Å². The van der Waals surface area contributed by atoms with Gasteiger partial charge in [0, 0.05) is 41.5 Å². The lowest BCUT2D eigenvalue weighted by Gasteiger charge is -2.29. The van der Waals surface area contributed by atoms with Crippen molar-refractivity contribution in [2.24, 2.45) is 5.92 Å². The summed E-state index contributed by atoms with van der Waals surface area (Å²) in [5.74, 6) is 0.785. The fourth-order valence-corrected chi connectivity index (χ4v) is 6.95. The summed E-state index contributed by atoms with van der Waals surface area (Å²) in [6.45, 7) is 12.0. The molecule has 8 heteroatoms. The number of aryl methyl sites for hydroxylation is 3. The molecule has 7 nitrogen and oxygen atoms in total. The van der Waals surface area contributed by atoms with Gasteiger partial charge in [-0.3, -0.25) is 14.2 Å². The summed E-state index contributed by atoms with van der Waals surface area (Å²) in [5, 5.41) is 0.609. The molecule has 1 amide bonds. The Balaban J connectivity index is 1.81. The molecule has 1 saturated heterocycles. The van der Waals surface area contributed by atoms with Gasteiger partial charge in [-0.2, -0.15) is 0 Å². The quantitative estimate of drug-likeness (QED) is 0.202. The Labute approximate surface area is 258 Å². The van der Waals surface area contributed by atoms with E-state index in [2.05, 4.69) is 50.9 Å². The molecule has 4 heterocycles. The first-order valence-corrected chi connectivity index (χ1v) is 16.3. The van der Waals surface area contributed by atoms with Crippen LogP contribution in [0, 0.1) is 12.8 Å². The lowest BCUT2D eigenvalue weighted by molar-refractivity contribution is 0.0722. The van der Waals surface area contributed by atoms with Crippen LogP contribution in [0.2, 0.25) is 0 Å². The molecule has 5 rings (SSSR count). The van der Waals surface area contributed by atoms with Crippen molar-refractivity contribution in [1.82, 2.24) is 19.4 Å². The van der Waals surface area contributed by atoms with Gasteiger partial charge in [-0.05, 0) is 74.6 Å². The first-order chi connectivity index (χ1) is 20.8. The predicted molar refractivity (Wildman–Crippen MR) is 175 cm³/mol. The van der Waals surface area contributed by atoms with Gasteiger partial charge in [0.05, 0.1) is 29.6 Å². The molecular weight excluding hydrogens is 556 g/mol. The number of benzene rings is 1. The van der Waals surface area contributed by atoms with Gasteiger partial charge in [0.2, 0.25) is 5.88 Å². The van der Waals surface area contributed by atoms with Gasteiger partial charge in [-0.1, -0.05) is 45.9 Å². The lowest BCUT2D eigenvalue weighted by atomic mass is 9.96. The third kappa shape index (κ3) is 6.16. The lowest BCUT2D eigenvalue weighted by Crippen LogP contribution is -2.38. The van der Waals surface area contributed by atoms with Crippen LogP contribution in [0.1, 0.15) is 79.0 Å². The van der Waals surface area contributed by atoms with E-state index in [-0.39, 0.29) is 17.4 Å². The van der Waals surface area contributed by atoms with Crippen LogP contribution in [-0.2, 0) is 19.3 Å². The van der Waals surface area contributed by atoms with E-state index >= 15 is 0 Å². The number of pyridine rings is 2. The van der Waals surface area contributed by atoms with Crippen LogP contribution in [0.15, 0.2) is 47.4 Å². The molecule has 1 aliphatic heterocycles. The minimum absolute atomic E-state index is 0.00485. The standard InChI is InChI=1S/C35H42N4O3S/c1-7-24-13-12-14-25(8-2)32(24)39-29(19-22(3)4)27(34(40)38-17-10-9-11-18-38)20-28(35(39)41)33-37-31(23(5)43-33)26-15-16-30(42-6)36-21-26/h12-16,20-22H,7-11,17-19H2,1-6H3. The third-order valence-electron chi connectivity index (χ3n) is 8.21. The number of nitrogens with zero attached hydrogens (tertiary/aromatic N) is 4. The Morgan fingerprint density at radius 1 is 1.05 bits per heavy atom. The number of carbonyl (C=O) groups is 1. The maximum Gasteiger partial charge on any atom is 0.265 e. The molecule has 43 heavy (non-hydrogen) atoms. The molecule has 1 aromatic carbocycles. The van der Waals surface area contributed by atoms with Crippen LogP contribution < -0.4 is 10.3 Å². The summed E-state index contributed by atoms with van der Waals surface area (Å²) in [6.07, 6.45) is 7.06. The smallest absolute Gasteiger partial charge is 0.265 e. The molecule has 0 radical (unpaired) electrons. The first kappa shape index (κ1) is 30.7. The van der Waals surface area contributed by atoms with Gasteiger partial charge < -0.3 is 9.64 Å². The number of methoxy groups -OCH3 is 1. The Morgan fingerprint density at radius 2 is 1.74 bits per heavy atom. The van der Waals surface area contributed by atoms with Crippen molar-refractivity contribution in [2.45, 2.75) is 73.1 Å². The minimum atomic E-state index is -0.130. The number of para-hydroxylation sites is 1. The monoisotopic (exact) mass is 598 g/mol. The Hall–Kier alpha value is -3.78. The molecule has 0 unspecified atom stereocenters. The molecule has 0 spiro atoms. The van der Waals surface area contributed by atoms with Gasteiger partial charge in [0.1, 0.15) is 5.01 Å². The van der Waals surface area contributed by atoms with Gasteiger partial charge in [-0.25, -0.2) is 9.97 Å². The van der Waals surface area contributed by atoms with Crippen LogP contribution in [-0.4, -0.2) is 45.5 Å². The van der Waals surface area contributed by atoms with Crippen LogP contribution >= 0.6 is 11.3 Å². The van der Waals surface area contributed by atoms with E-state index in [0.717, 1.165) is 83.8 Å². The Bertz CT molecular complexity index is 1640. The normalized spacial score (nSPS) is 13.5. The molecule has 0 atom stereocenters. The van der Waals surface area contributed by atoms with E-state index in [4.69, 9.17) is 9.72 Å². The van der Waals surface area contributed by atoms with E-state index in [1.165, 1.54) is 11.3 Å². The van der Waals surface area contributed by atoms with E-state index < -0.39 is 0 Å². The number of rotatable bonds is 9. The average molecular weight is 599 g/mol. The SMILES string of the molecule is CCc1cccc(CC)c1-n1c(CC(C)C)c(C(=O)N2CCCCC2)cc(-c2nc(-c3ccc(OC)nc3)c(C)s2)c1=O. The number of carbonyl (C=O) groups excluding carboxylic acids is 1. The fourth-order valence-electron chi connectivity index (χ4n) is 6.01. The number of amides is 1. The number of hydrogen-bond donors (Lipinski definition) is 0. The highest BCUT2D eigenvalue weighted by atomic mass is 32.1. The molecule has 3 aromatic heterocycles. The van der Waals surface area contributed by atoms with Crippen molar-refractivity contribution in [3.05, 3.63) is 80.2 Å². The Kier molecular flexibility index (Phi) is 9.45. The number of piperidine rings is 1. The zero-order valence-corrected chi connectivity index (χ0v) is 27.0. The second-order valence-corrected chi connectivity index (χ2v) is 12.9. The van der Waals surface area contributed by atoms with Crippen molar-refractivity contribution in [1.29, 1.82) is 0 Å². The van der Waals surface area contributed by atoms with E-state index in [0.29, 0.717) is 28.4 Å². The number of ether oxygens (including phenoxy) is 1. The number of likely N-dealkylation sites (tertiary alicyclic amines) is 1. The Morgan fingerprint density at radius 3 is 2.33 bits per heavy atom. The van der Waals surface area contributed by atoms with E-state index in [9.17, 15) is 9.59 Å². The number of aromatic nitrogens is 3. The second kappa shape index (κ2) is 13.2. The molecule has 1 aliphatic rings. The van der Waals surface area contributed by atoms with E-state index in [1.54, 1.807) is 13.3 Å². The third-order valence-corrected chi connectivity index (χ3v) is 9.22. The highest BCUT2D eigenvalue weighted by molar-refractivity contribution is 7.15. The number of thiazole rings is 1. The summed E-state index contributed by atoms with van der Waals surface area (Å²) < 4.78 is 7.10. The zero-order chi connectivity index (χ0) is 30.7. The van der Waals surface area contributed by atoms with Gasteiger partial charge >= 0.3 is 0 Å². The van der Waals surface area contributed by atoms with Crippen molar-refractivity contribution in [2.75, 3.05) is 20.2 Å². The summed E-state index contributed by atoms with van der Waals surface area (Å²) in [7, 11) is 1.59. The summed E-state index contributed by atoms with van der Waals surface area (Å²) in [4.78, 5) is 41.4. The molecule has 4 aromatic rings. The molecular formula is C35H42N4O3S. The predicted octanol–water partition coefficient (Wildman–Crippen LogP) is 7.29. The maximum atomic E-state index is 14.8. The van der Waals surface area contributed by atoms with Crippen LogP contribution in [0.25, 0.3) is 27.5 Å². The largest absolute Gasteiger partial charge is 0.481 e. The van der Waals surface area contributed by atoms with E-state index in [1.807, 2.05) is 34.6 Å². The van der Waals surface area contributed by atoms with Crippen molar-refractivity contribution >= 4 is 17.2 Å². The topological polar surface area (TPSA) is 77.3 Å². The fraction of sp³-hybridized carbons (Fsp3) is 0.429. The van der Waals surface area contributed by atoms with Crippen molar-refractivity contribution < 1.29 is 9.53 Å². The maximum absolute atomic E-state index is 14.8. The van der Waals surface area contributed by atoms with Crippen LogP contribution in [0.4, 0.5) is 0 Å². The molecule has 0 aliphatic carbocycles. The zero-order valence-electron chi connectivity index (χ0n) is 26.2. The van der Waals surface area contributed by atoms with Crippen molar-refractivity contribution in [3.8, 4) is 33.4 Å². The second-order valence-electron chi connectivity index (χ2n) is 11.7. The number of hydrogen-bond acceptors (Lipinski definition) is 6. The summed E-state index contributed by atoms with van der Waals surface area (Å²) in [5.41, 5.74) is 6.47. The van der Waals surface area contributed by atoms with Crippen LogP contribution in [0.5, 0.6) is 5.88 Å². The molecule has 226 valence electrons.